The van der Waals surface area contributed by atoms with Crippen LogP contribution in [0.3, 0.4) is 0 Å². The maximum absolute atomic E-state index is 12.8. The highest BCUT2D eigenvalue weighted by molar-refractivity contribution is 6.03. The van der Waals surface area contributed by atoms with Gasteiger partial charge in [-0.2, -0.15) is 0 Å². The highest BCUT2D eigenvalue weighted by atomic mass is 16.2. The minimum absolute atomic E-state index is 0.0223. The molecule has 2 amide bonds. The van der Waals surface area contributed by atoms with Crippen LogP contribution in [0.15, 0.2) is 54.6 Å². The lowest BCUT2D eigenvalue weighted by atomic mass is 9.93. The lowest BCUT2D eigenvalue weighted by molar-refractivity contribution is -0.117. The first-order valence-electron chi connectivity index (χ1n) is 9.96. The van der Waals surface area contributed by atoms with E-state index in [1.54, 1.807) is 12.1 Å². The second-order valence-electron chi connectivity index (χ2n) is 7.65. The predicted octanol–water partition coefficient (Wildman–Crippen LogP) is 3.85. The van der Waals surface area contributed by atoms with Crippen LogP contribution >= 0.6 is 0 Å². The number of anilines is 1. The summed E-state index contributed by atoms with van der Waals surface area (Å²) < 4.78 is 0. The van der Waals surface area contributed by atoms with Gasteiger partial charge in [0.1, 0.15) is 0 Å². The summed E-state index contributed by atoms with van der Waals surface area (Å²) in [4.78, 5) is 27.6. The highest BCUT2D eigenvalue weighted by Crippen LogP contribution is 2.22. The van der Waals surface area contributed by atoms with Crippen LogP contribution in [0.25, 0.3) is 0 Å². The third-order valence-electron chi connectivity index (χ3n) is 5.41. The summed E-state index contributed by atoms with van der Waals surface area (Å²) >= 11 is 0. The Kier molecular flexibility index (Phi) is 6.82. The van der Waals surface area contributed by atoms with Crippen LogP contribution < -0.4 is 10.6 Å². The van der Waals surface area contributed by atoms with Crippen LogP contribution in [0.5, 0.6) is 0 Å². The van der Waals surface area contributed by atoms with Crippen molar-refractivity contribution in [2.45, 2.75) is 32.2 Å². The summed E-state index contributed by atoms with van der Waals surface area (Å²) in [5.41, 5.74) is 2.10. The molecule has 1 atom stereocenters. The highest BCUT2D eigenvalue weighted by Gasteiger charge is 2.21. The SMILES string of the molecule is C[C@H](NC(=O)c1ccccc1NC(=O)CC1CCN(C)CC1)c1ccccc1. The third-order valence-corrected chi connectivity index (χ3v) is 5.41. The minimum atomic E-state index is -0.188. The van der Waals surface area contributed by atoms with Gasteiger partial charge in [0.05, 0.1) is 17.3 Å². The van der Waals surface area contributed by atoms with E-state index in [9.17, 15) is 9.59 Å². The number of carbonyl (C=O) groups excluding carboxylic acids is 2. The van der Waals surface area contributed by atoms with Gasteiger partial charge < -0.3 is 15.5 Å². The molecule has 3 rings (SSSR count). The fourth-order valence-corrected chi connectivity index (χ4v) is 3.62. The van der Waals surface area contributed by atoms with E-state index < -0.39 is 0 Å². The zero-order valence-electron chi connectivity index (χ0n) is 16.7. The van der Waals surface area contributed by atoms with Gasteiger partial charge >= 0.3 is 0 Å². The van der Waals surface area contributed by atoms with E-state index >= 15 is 0 Å². The fourth-order valence-electron chi connectivity index (χ4n) is 3.62. The van der Waals surface area contributed by atoms with Crippen LogP contribution in [-0.2, 0) is 4.79 Å². The average molecular weight is 380 g/mol. The first-order chi connectivity index (χ1) is 13.5. The van der Waals surface area contributed by atoms with Crippen molar-refractivity contribution in [2.24, 2.45) is 5.92 Å². The minimum Gasteiger partial charge on any atom is -0.345 e. The second kappa shape index (κ2) is 9.51. The van der Waals surface area contributed by atoms with Gasteiger partial charge in [-0.15, -0.1) is 0 Å². The van der Waals surface area contributed by atoms with Gasteiger partial charge in [-0.25, -0.2) is 0 Å². The number of nitrogens with one attached hydrogen (secondary N) is 2. The van der Waals surface area contributed by atoms with Gasteiger partial charge in [-0.3, -0.25) is 9.59 Å². The van der Waals surface area contributed by atoms with Crippen LogP contribution in [0.4, 0.5) is 5.69 Å². The van der Waals surface area contributed by atoms with E-state index in [0.717, 1.165) is 31.5 Å². The number of benzene rings is 2. The molecule has 2 aromatic rings. The molecule has 5 nitrogen and oxygen atoms in total. The molecule has 1 saturated heterocycles. The van der Waals surface area contributed by atoms with E-state index in [0.29, 0.717) is 23.6 Å². The Balaban J connectivity index is 1.62. The number of nitrogens with zero attached hydrogens (tertiary/aromatic N) is 1. The lowest BCUT2D eigenvalue weighted by Crippen LogP contribution is -2.32. The van der Waals surface area contributed by atoms with E-state index in [-0.39, 0.29) is 17.9 Å². The van der Waals surface area contributed by atoms with Crippen LogP contribution in [0.2, 0.25) is 0 Å². The number of amides is 2. The molecule has 0 aliphatic carbocycles. The van der Waals surface area contributed by atoms with E-state index in [1.165, 1.54) is 0 Å². The summed E-state index contributed by atoms with van der Waals surface area (Å²) in [6, 6.07) is 16.9. The second-order valence-corrected chi connectivity index (χ2v) is 7.65. The summed E-state index contributed by atoms with van der Waals surface area (Å²) in [6.07, 6.45) is 2.59. The topological polar surface area (TPSA) is 61.4 Å². The Bertz CT molecular complexity index is 799. The maximum Gasteiger partial charge on any atom is 0.253 e. The molecule has 0 bridgehead atoms. The molecule has 5 heteroatoms. The van der Waals surface area contributed by atoms with Crippen molar-refractivity contribution in [1.82, 2.24) is 10.2 Å². The summed E-state index contributed by atoms with van der Waals surface area (Å²) in [5, 5.41) is 5.97. The van der Waals surface area contributed by atoms with Crippen molar-refractivity contribution in [3.63, 3.8) is 0 Å². The van der Waals surface area contributed by atoms with Gasteiger partial charge in [0.25, 0.3) is 5.91 Å². The molecule has 0 spiro atoms. The predicted molar refractivity (Wildman–Crippen MR) is 112 cm³/mol. The normalized spacial score (nSPS) is 16.4. The standard InChI is InChI=1S/C23H29N3O2/c1-17(19-8-4-3-5-9-19)24-23(28)20-10-6-7-11-21(20)25-22(27)16-18-12-14-26(2)15-13-18/h3-11,17-18H,12-16H2,1-2H3,(H,24,28)(H,25,27)/t17-/m0/s1. The molecule has 28 heavy (non-hydrogen) atoms. The number of piperidine rings is 1. The Labute approximate surface area is 167 Å². The fraction of sp³-hybridized carbons (Fsp3) is 0.391. The molecule has 0 radical (unpaired) electrons. The van der Waals surface area contributed by atoms with Crippen LogP contribution in [0.1, 0.15) is 48.1 Å². The van der Waals surface area contributed by atoms with Gasteiger partial charge in [0.15, 0.2) is 0 Å². The van der Waals surface area contributed by atoms with Gasteiger partial charge in [0.2, 0.25) is 5.91 Å². The summed E-state index contributed by atoms with van der Waals surface area (Å²) in [5.74, 6) is 0.202. The van der Waals surface area contributed by atoms with Crippen molar-refractivity contribution in [3.05, 3.63) is 65.7 Å². The molecule has 0 aromatic heterocycles. The molecular weight excluding hydrogens is 350 g/mol. The number of rotatable bonds is 6. The van der Waals surface area contributed by atoms with Crippen molar-refractivity contribution < 1.29 is 9.59 Å². The monoisotopic (exact) mass is 379 g/mol. The van der Waals surface area contributed by atoms with Gasteiger partial charge in [-0.05, 0) is 63.5 Å². The van der Waals surface area contributed by atoms with Gasteiger partial charge in [-0.1, -0.05) is 42.5 Å². The Morgan fingerprint density at radius 2 is 1.68 bits per heavy atom. The van der Waals surface area contributed by atoms with E-state index in [1.807, 2.05) is 49.4 Å². The molecule has 2 N–H and O–H groups in total. The van der Waals surface area contributed by atoms with Crippen LogP contribution in [-0.4, -0.2) is 36.9 Å². The van der Waals surface area contributed by atoms with E-state index in [2.05, 4.69) is 22.6 Å². The molecule has 148 valence electrons. The number of likely N-dealkylation sites (tertiary alicyclic amines) is 1. The van der Waals surface area contributed by atoms with Crippen molar-refractivity contribution in [3.8, 4) is 0 Å². The summed E-state index contributed by atoms with van der Waals surface area (Å²) in [6.45, 7) is 4.02. The molecular formula is C23H29N3O2. The largest absolute Gasteiger partial charge is 0.345 e. The first kappa shape index (κ1) is 20.1. The molecule has 2 aromatic carbocycles. The molecule has 1 fully saturated rings. The maximum atomic E-state index is 12.8. The third kappa shape index (κ3) is 5.42. The lowest BCUT2D eigenvalue weighted by Gasteiger charge is -2.28. The molecule has 1 aliphatic rings. The number of para-hydroxylation sites is 1. The van der Waals surface area contributed by atoms with Crippen molar-refractivity contribution in [1.29, 1.82) is 0 Å². The quantitative estimate of drug-likeness (QED) is 0.801. The van der Waals surface area contributed by atoms with Crippen molar-refractivity contribution in [2.75, 3.05) is 25.5 Å². The Hall–Kier alpha value is -2.66. The van der Waals surface area contributed by atoms with Crippen molar-refractivity contribution >= 4 is 17.5 Å². The average Bonchev–Trinajstić information content (AvgIpc) is 2.70. The van der Waals surface area contributed by atoms with Crippen LogP contribution in [0, 0.1) is 5.92 Å². The summed E-state index contributed by atoms with van der Waals surface area (Å²) in [7, 11) is 2.11. The number of hydrogen-bond acceptors (Lipinski definition) is 3. The van der Waals surface area contributed by atoms with Gasteiger partial charge in [0, 0.05) is 6.42 Å². The first-order valence-corrected chi connectivity index (χ1v) is 9.96. The smallest absolute Gasteiger partial charge is 0.253 e. The Morgan fingerprint density at radius 1 is 1.04 bits per heavy atom. The molecule has 1 aliphatic heterocycles. The number of carbonyl (C=O) groups is 2. The zero-order chi connectivity index (χ0) is 19.9. The molecule has 0 unspecified atom stereocenters. The van der Waals surface area contributed by atoms with E-state index in [4.69, 9.17) is 0 Å². The Morgan fingerprint density at radius 3 is 2.39 bits per heavy atom. The zero-order valence-corrected chi connectivity index (χ0v) is 16.7. The number of hydrogen-bond donors (Lipinski definition) is 2. The molecule has 1 heterocycles. The molecule has 0 saturated carbocycles.